The minimum atomic E-state index is -1.56. The van der Waals surface area contributed by atoms with Gasteiger partial charge in [-0.25, -0.2) is 4.79 Å². The molecule has 3 N–H and O–H groups in total. The largest absolute Gasteiger partial charge is 0.481 e. The fourth-order valence-electron chi connectivity index (χ4n) is 1.76. The molecule has 0 aliphatic rings. The average molecular weight is 349 g/mol. The number of carboxylic acid groups (broad SMARTS) is 3. The maximum Gasteiger partial charge on any atom is 0.326 e. The summed E-state index contributed by atoms with van der Waals surface area (Å²) in [6, 6.07) is -1.56. The van der Waals surface area contributed by atoms with Crippen LogP contribution in [0.15, 0.2) is 0 Å². The highest BCUT2D eigenvalue weighted by molar-refractivity contribution is 8.13. The van der Waals surface area contributed by atoms with Crippen LogP contribution in [-0.4, -0.2) is 67.5 Å². The van der Waals surface area contributed by atoms with Crippen molar-refractivity contribution in [2.24, 2.45) is 5.92 Å². The third kappa shape index (κ3) is 8.19. The molecule has 0 bridgehead atoms. The van der Waals surface area contributed by atoms with E-state index in [0.29, 0.717) is 4.90 Å². The number of carbonyl (C=O) groups excluding carboxylic acids is 2. The highest BCUT2D eigenvalue weighted by atomic mass is 32.2. The molecular weight excluding hydrogens is 330 g/mol. The van der Waals surface area contributed by atoms with Crippen molar-refractivity contribution < 1.29 is 39.3 Å². The number of amides is 1. The normalized spacial score (nSPS) is 13.0. The zero-order valence-electron chi connectivity index (χ0n) is 12.7. The second-order valence-electron chi connectivity index (χ2n) is 4.85. The van der Waals surface area contributed by atoms with Gasteiger partial charge in [0.1, 0.15) is 12.6 Å². The average Bonchev–Trinajstić information content (AvgIpc) is 2.41. The molecule has 0 saturated heterocycles. The molecule has 10 heteroatoms. The Morgan fingerprint density at radius 2 is 1.61 bits per heavy atom. The maximum atomic E-state index is 12.3. The summed E-state index contributed by atoms with van der Waals surface area (Å²) in [4.78, 5) is 56.7. The Bertz CT molecular complexity index is 492. The van der Waals surface area contributed by atoms with Crippen molar-refractivity contribution in [3.8, 4) is 0 Å². The molecule has 1 amide bonds. The number of thioether (sulfide) groups is 1. The lowest BCUT2D eigenvalue weighted by atomic mass is 10.1. The van der Waals surface area contributed by atoms with E-state index in [1.165, 1.54) is 13.8 Å². The molecule has 9 nitrogen and oxygen atoms in total. The summed E-state index contributed by atoms with van der Waals surface area (Å²) in [5.74, 6) is -5.60. The van der Waals surface area contributed by atoms with E-state index >= 15 is 0 Å². The van der Waals surface area contributed by atoms with Crippen molar-refractivity contribution >= 4 is 40.7 Å². The summed E-state index contributed by atoms with van der Waals surface area (Å²) in [5, 5.41) is 26.5. The summed E-state index contributed by atoms with van der Waals surface area (Å²) < 4.78 is 0. The van der Waals surface area contributed by atoms with Crippen LogP contribution in [0.5, 0.6) is 0 Å². The molecule has 0 saturated carbocycles. The zero-order valence-corrected chi connectivity index (χ0v) is 13.5. The lowest BCUT2D eigenvalue weighted by Gasteiger charge is -2.29. The fraction of sp³-hybridized carbons (Fsp3) is 0.615. The van der Waals surface area contributed by atoms with Crippen molar-refractivity contribution in [3.05, 3.63) is 0 Å². The Kier molecular flexibility index (Phi) is 8.93. The van der Waals surface area contributed by atoms with Crippen LogP contribution in [0.4, 0.5) is 0 Å². The van der Waals surface area contributed by atoms with Crippen LogP contribution in [-0.2, 0) is 24.0 Å². The summed E-state index contributed by atoms with van der Waals surface area (Å²) in [7, 11) is 0. The monoisotopic (exact) mass is 349 g/mol. The molecule has 0 aromatic heterocycles. The molecular formula is C13H19NO8S. The van der Waals surface area contributed by atoms with Crippen LogP contribution in [0, 0.1) is 5.92 Å². The van der Waals surface area contributed by atoms with E-state index in [9.17, 15) is 29.1 Å². The molecule has 1 unspecified atom stereocenters. The Balaban J connectivity index is 5.23. The molecule has 0 aromatic carbocycles. The van der Waals surface area contributed by atoms with Gasteiger partial charge >= 0.3 is 17.9 Å². The van der Waals surface area contributed by atoms with Crippen molar-refractivity contribution in [2.75, 3.05) is 12.3 Å². The Hall–Kier alpha value is -2.10. The van der Waals surface area contributed by atoms with Gasteiger partial charge in [-0.1, -0.05) is 18.7 Å². The smallest absolute Gasteiger partial charge is 0.326 e. The van der Waals surface area contributed by atoms with Gasteiger partial charge < -0.3 is 20.2 Å². The van der Waals surface area contributed by atoms with Gasteiger partial charge in [0, 0.05) is 25.0 Å². The van der Waals surface area contributed by atoms with E-state index in [1.807, 2.05) is 0 Å². The maximum absolute atomic E-state index is 12.3. The standard InChI is InChI=1S/C13H19NO8S/c1-7(6-23-8(2)15)12(20)14(5-11(18)19)9(13(21)22)3-4-10(16)17/h7,9H,3-6H2,1-2H3,(H,16,17)(H,18,19)(H,21,22)/t7?,9-/m0/s1. The van der Waals surface area contributed by atoms with Gasteiger partial charge in [0.15, 0.2) is 5.12 Å². The molecule has 2 atom stereocenters. The van der Waals surface area contributed by atoms with Crippen molar-refractivity contribution in [3.63, 3.8) is 0 Å². The third-order valence-corrected chi connectivity index (χ3v) is 3.91. The highest BCUT2D eigenvalue weighted by Crippen LogP contribution is 2.16. The van der Waals surface area contributed by atoms with E-state index < -0.39 is 55.2 Å². The van der Waals surface area contributed by atoms with E-state index in [-0.39, 0.29) is 10.9 Å². The first-order valence-corrected chi connectivity index (χ1v) is 7.65. The molecule has 0 heterocycles. The van der Waals surface area contributed by atoms with E-state index in [0.717, 1.165) is 11.8 Å². The van der Waals surface area contributed by atoms with Gasteiger partial charge in [0.2, 0.25) is 5.91 Å². The van der Waals surface area contributed by atoms with Gasteiger partial charge in [0.05, 0.1) is 0 Å². The number of hydrogen-bond acceptors (Lipinski definition) is 6. The molecule has 0 rings (SSSR count). The van der Waals surface area contributed by atoms with Gasteiger partial charge in [-0.15, -0.1) is 0 Å². The second-order valence-corrected chi connectivity index (χ2v) is 6.05. The van der Waals surface area contributed by atoms with Crippen molar-refractivity contribution in [1.29, 1.82) is 0 Å². The van der Waals surface area contributed by atoms with Crippen LogP contribution < -0.4 is 0 Å². The van der Waals surface area contributed by atoms with Gasteiger partial charge in [-0.3, -0.25) is 19.2 Å². The van der Waals surface area contributed by atoms with Crippen LogP contribution in [0.25, 0.3) is 0 Å². The van der Waals surface area contributed by atoms with Gasteiger partial charge in [-0.05, 0) is 6.42 Å². The lowest BCUT2D eigenvalue weighted by Crippen LogP contribution is -2.50. The zero-order chi connectivity index (χ0) is 18.2. The summed E-state index contributed by atoms with van der Waals surface area (Å²) in [6.07, 6.45) is -0.923. The Labute approximate surface area is 136 Å². The predicted molar refractivity (Wildman–Crippen MR) is 79.9 cm³/mol. The minimum absolute atomic E-state index is 0.0789. The Morgan fingerprint density at radius 1 is 1.04 bits per heavy atom. The van der Waals surface area contributed by atoms with Crippen molar-refractivity contribution in [2.45, 2.75) is 32.7 Å². The third-order valence-electron chi connectivity index (χ3n) is 2.84. The number of carboxylic acids is 3. The first-order valence-electron chi connectivity index (χ1n) is 6.66. The lowest BCUT2D eigenvalue weighted by molar-refractivity contribution is -0.156. The molecule has 0 spiro atoms. The summed E-state index contributed by atoms with van der Waals surface area (Å²) >= 11 is 0.867. The van der Waals surface area contributed by atoms with Crippen LogP contribution >= 0.6 is 11.8 Å². The number of aliphatic carboxylic acids is 3. The minimum Gasteiger partial charge on any atom is -0.481 e. The Morgan fingerprint density at radius 3 is 2.00 bits per heavy atom. The quantitative estimate of drug-likeness (QED) is 0.500. The first kappa shape index (κ1) is 20.9. The molecule has 23 heavy (non-hydrogen) atoms. The van der Waals surface area contributed by atoms with Crippen molar-refractivity contribution in [1.82, 2.24) is 4.90 Å². The predicted octanol–water partition coefficient (Wildman–Crippen LogP) is 0.133. The van der Waals surface area contributed by atoms with Crippen LogP contribution in [0.3, 0.4) is 0 Å². The molecule has 0 fully saturated rings. The molecule has 0 aliphatic heterocycles. The molecule has 0 aromatic rings. The van der Waals surface area contributed by atoms with E-state index in [1.54, 1.807) is 0 Å². The number of hydrogen-bond donors (Lipinski definition) is 3. The summed E-state index contributed by atoms with van der Waals surface area (Å²) in [5.41, 5.74) is 0. The van der Waals surface area contributed by atoms with Crippen LogP contribution in [0.2, 0.25) is 0 Å². The molecule has 130 valence electrons. The second kappa shape index (κ2) is 9.82. The van der Waals surface area contributed by atoms with Gasteiger partial charge in [-0.2, -0.15) is 0 Å². The SMILES string of the molecule is CC(=O)SCC(C)C(=O)N(CC(=O)O)[C@@H](CCC(=O)O)C(=O)O. The number of carbonyl (C=O) groups is 5. The molecule has 0 aliphatic carbocycles. The number of rotatable bonds is 10. The van der Waals surface area contributed by atoms with Gasteiger partial charge in [0.25, 0.3) is 0 Å². The topological polar surface area (TPSA) is 149 Å². The highest BCUT2D eigenvalue weighted by Gasteiger charge is 2.33. The first-order chi connectivity index (χ1) is 10.6. The van der Waals surface area contributed by atoms with E-state index in [4.69, 9.17) is 10.2 Å². The van der Waals surface area contributed by atoms with Crippen LogP contribution in [0.1, 0.15) is 26.7 Å². The summed E-state index contributed by atoms with van der Waals surface area (Å²) in [6.45, 7) is 1.90. The fourth-order valence-corrected chi connectivity index (χ4v) is 2.38. The molecule has 0 radical (unpaired) electrons. The van der Waals surface area contributed by atoms with E-state index in [2.05, 4.69) is 0 Å². The number of nitrogens with zero attached hydrogens (tertiary/aromatic N) is 1.